The van der Waals surface area contributed by atoms with E-state index in [0.717, 1.165) is 21.3 Å². The van der Waals surface area contributed by atoms with E-state index >= 15 is 0 Å². The number of nitrogens with two attached hydrogens (primary N) is 3. The average Bonchev–Trinajstić information content (AvgIpc) is 3.29. The summed E-state index contributed by atoms with van der Waals surface area (Å²) in [6.45, 7) is 4.69. The van der Waals surface area contributed by atoms with Crippen LogP contribution in [-0.4, -0.2) is 270 Å². The molecule has 0 bridgehead atoms. The molecule has 0 aliphatic heterocycles. The zero-order chi connectivity index (χ0) is 49.2. The first-order valence-corrected chi connectivity index (χ1v) is 19.0. The summed E-state index contributed by atoms with van der Waals surface area (Å²) in [6.07, 6.45) is -24.5. The predicted octanol–water partition coefficient (Wildman–Crippen LogP) is -14.2. The van der Waals surface area contributed by atoms with Gasteiger partial charge in [0, 0.05) is 78.5 Å². The first-order chi connectivity index (χ1) is 29.6. The largest absolute Gasteiger partial charge is 0.467 e. The molecule has 12 atom stereocenters. The molecule has 0 saturated heterocycles. The molecule has 63 heavy (non-hydrogen) atoms. The van der Waals surface area contributed by atoms with Crippen LogP contribution in [0.3, 0.4) is 0 Å². The number of ether oxygens (including phenoxy) is 3. The summed E-state index contributed by atoms with van der Waals surface area (Å²) in [5.41, 5.74) is 15.7. The summed E-state index contributed by atoms with van der Waals surface area (Å²) in [4.78, 5) is 67.4. The van der Waals surface area contributed by atoms with Gasteiger partial charge in [0.2, 0.25) is 0 Å². The van der Waals surface area contributed by atoms with Gasteiger partial charge in [-0.1, -0.05) is 0 Å². The lowest BCUT2D eigenvalue weighted by atomic mass is 10.0. The highest BCUT2D eigenvalue weighted by atomic mass is 16.6. The summed E-state index contributed by atoms with van der Waals surface area (Å²) in [5, 5.41) is 129. The fraction of sp³-hybridized carbons (Fsp3) is 0.818. The van der Waals surface area contributed by atoms with E-state index in [1.807, 2.05) is 0 Å². The monoisotopic (exact) mass is 927 g/mol. The van der Waals surface area contributed by atoms with E-state index in [1.54, 1.807) is 0 Å². The van der Waals surface area contributed by atoms with Crippen LogP contribution < -0.4 is 49.1 Å². The Morgan fingerprint density at radius 3 is 0.714 bits per heavy atom. The van der Waals surface area contributed by atoms with Crippen molar-refractivity contribution in [3.8, 4) is 0 Å². The third-order valence-corrected chi connectivity index (χ3v) is 7.89. The number of hydrogen-bond donors (Lipinski definition) is 21. The first kappa shape index (κ1) is 63.4. The van der Waals surface area contributed by atoms with E-state index < -0.39 is 109 Å². The molecular weight excluding hydrogens is 858 g/mol. The number of carbonyl (C=O) groups excluding carboxylic acids is 6. The minimum absolute atomic E-state index is 0.165. The summed E-state index contributed by atoms with van der Waals surface area (Å²) < 4.78 is 12.5. The summed E-state index contributed by atoms with van der Waals surface area (Å²) in [7, 11) is 2.92. The van der Waals surface area contributed by atoms with Crippen molar-refractivity contribution >= 4 is 35.6 Å². The second-order valence-electron chi connectivity index (χ2n) is 12.7. The molecule has 0 aromatic carbocycles. The lowest BCUT2D eigenvalue weighted by molar-refractivity contribution is -0.169. The Morgan fingerprint density at radius 2 is 0.540 bits per heavy atom. The Morgan fingerprint density at radius 1 is 0.349 bits per heavy atom. The lowest BCUT2D eigenvalue weighted by Crippen LogP contribution is -2.53. The van der Waals surface area contributed by atoms with Crippen LogP contribution in [-0.2, 0) is 43.0 Å². The highest BCUT2D eigenvalue weighted by Crippen LogP contribution is 2.09. The topological polar surface area (TPSA) is 523 Å². The van der Waals surface area contributed by atoms with E-state index in [4.69, 9.17) is 17.2 Å². The van der Waals surface area contributed by atoms with Gasteiger partial charge in [0.05, 0.1) is 21.3 Å². The second kappa shape index (κ2) is 37.5. The Bertz CT molecular complexity index is 1130. The minimum atomic E-state index is -2.07. The van der Waals surface area contributed by atoms with Crippen molar-refractivity contribution in [2.45, 2.75) is 73.2 Å². The number of aliphatic hydroxyl groups excluding tert-OH is 12. The molecule has 0 aromatic heterocycles. The lowest BCUT2D eigenvalue weighted by Gasteiger charge is -2.24. The fourth-order valence-corrected chi connectivity index (χ4v) is 4.18. The molecule has 0 radical (unpaired) electrons. The van der Waals surface area contributed by atoms with Gasteiger partial charge in [-0.25, -0.2) is 14.4 Å². The van der Waals surface area contributed by atoms with Gasteiger partial charge in [-0.2, -0.15) is 0 Å². The van der Waals surface area contributed by atoms with Crippen LogP contribution in [0.25, 0.3) is 0 Å². The number of aliphatic hydroxyl groups is 12. The number of methoxy groups -OCH3 is 3. The molecule has 0 aromatic rings. The van der Waals surface area contributed by atoms with Crippen molar-refractivity contribution in [2.24, 2.45) is 17.2 Å². The quantitative estimate of drug-likeness (QED) is 0.0181. The van der Waals surface area contributed by atoms with Gasteiger partial charge in [-0.15, -0.1) is 0 Å². The number of amides is 3. The number of esters is 3. The Labute approximate surface area is 362 Å². The summed E-state index contributed by atoms with van der Waals surface area (Å²) in [5.74, 6) is -6.44. The molecular formula is C33H69N9O21. The van der Waals surface area contributed by atoms with E-state index in [-0.39, 0.29) is 19.6 Å². The maximum absolute atomic E-state index is 11.5. The van der Waals surface area contributed by atoms with Crippen molar-refractivity contribution in [2.75, 3.05) is 99.9 Å². The fourth-order valence-electron chi connectivity index (χ4n) is 4.18. The van der Waals surface area contributed by atoms with E-state index in [1.165, 1.54) is 0 Å². The average molecular weight is 928 g/mol. The second-order valence-corrected chi connectivity index (χ2v) is 12.7. The van der Waals surface area contributed by atoms with Crippen LogP contribution in [0.4, 0.5) is 0 Å². The zero-order valence-electron chi connectivity index (χ0n) is 35.2. The van der Waals surface area contributed by atoms with Crippen molar-refractivity contribution in [3.05, 3.63) is 0 Å². The van der Waals surface area contributed by atoms with Gasteiger partial charge >= 0.3 is 17.9 Å². The molecule has 0 heterocycles. The van der Waals surface area contributed by atoms with Crippen molar-refractivity contribution in [1.82, 2.24) is 31.9 Å². The van der Waals surface area contributed by atoms with Crippen LogP contribution in [0.5, 0.6) is 0 Å². The molecule has 0 aliphatic rings. The van der Waals surface area contributed by atoms with Crippen LogP contribution in [0.15, 0.2) is 0 Å². The molecule has 0 unspecified atom stereocenters. The molecule has 372 valence electrons. The molecule has 24 N–H and O–H groups in total. The smallest absolute Gasteiger partial charge is 0.337 e. The van der Waals surface area contributed by atoms with Gasteiger partial charge in [-0.3, -0.25) is 14.4 Å². The van der Waals surface area contributed by atoms with E-state index in [9.17, 15) is 90.0 Å². The maximum atomic E-state index is 11.5. The third-order valence-electron chi connectivity index (χ3n) is 7.89. The molecule has 0 fully saturated rings. The molecule has 0 saturated carbocycles. The maximum Gasteiger partial charge on any atom is 0.337 e. The molecule has 3 amide bonds. The summed E-state index contributed by atoms with van der Waals surface area (Å²) >= 11 is 0. The van der Waals surface area contributed by atoms with Crippen molar-refractivity contribution < 1.29 is 104 Å². The third kappa shape index (κ3) is 26.5. The van der Waals surface area contributed by atoms with E-state index in [2.05, 4.69) is 46.1 Å². The van der Waals surface area contributed by atoms with E-state index in [0.29, 0.717) is 58.9 Å². The minimum Gasteiger partial charge on any atom is -0.467 e. The van der Waals surface area contributed by atoms with Gasteiger partial charge in [0.25, 0.3) is 17.7 Å². The standard InChI is InChI=1S/3C11H23N3O7/c3*1-21-11(20)9(18)7(16)6(15)8(17)10(19)14-5-4-13-3-2-12/h3*6-9,13,15-18H,2-5,12H2,1H3,(H,14,19)/t6-,7+,8+,9-;6-,7+,8-,9+;6-,7-,8-,9-/m100/s1. The first-order valence-electron chi connectivity index (χ1n) is 19.0. The van der Waals surface area contributed by atoms with Gasteiger partial charge < -0.3 is 125 Å². The number of nitrogens with one attached hydrogen (secondary N) is 6. The van der Waals surface area contributed by atoms with Crippen LogP contribution in [0.1, 0.15) is 0 Å². The van der Waals surface area contributed by atoms with Crippen molar-refractivity contribution in [1.29, 1.82) is 0 Å². The highest BCUT2D eigenvalue weighted by molar-refractivity contribution is 5.83. The van der Waals surface area contributed by atoms with Crippen LogP contribution in [0, 0.1) is 0 Å². The normalized spacial score (nSPS) is 16.7. The Hall–Kier alpha value is -3.90. The number of hydrogen-bond acceptors (Lipinski definition) is 27. The molecule has 0 aliphatic carbocycles. The van der Waals surface area contributed by atoms with Crippen molar-refractivity contribution in [3.63, 3.8) is 0 Å². The number of rotatable bonds is 30. The van der Waals surface area contributed by atoms with Gasteiger partial charge in [-0.05, 0) is 0 Å². The zero-order valence-corrected chi connectivity index (χ0v) is 35.2. The van der Waals surface area contributed by atoms with Gasteiger partial charge in [0.1, 0.15) is 36.6 Å². The summed E-state index contributed by atoms with van der Waals surface area (Å²) in [6, 6.07) is 0. The Balaban J connectivity index is -0.000000857. The SMILES string of the molecule is COC(=O)[C@@H](O)[C@@H](O)[C@H](O)[C@H](O)C(=O)NCCNCCN.COC(=O)[C@H](O)[C@@H](O)[C@@H](O)[C@H](O)C(=O)NCCNCCN.COC(=O)[C@H](O)[C@H](O)[C@H](O)[C@H](O)C(=O)NCCNCCN. The number of carbonyl (C=O) groups is 6. The van der Waals surface area contributed by atoms with Crippen LogP contribution in [0.2, 0.25) is 0 Å². The molecule has 30 nitrogen and oxygen atoms in total. The molecule has 30 heteroatoms. The van der Waals surface area contributed by atoms with Crippen LogP contribution >= 0.6 is 0 Å². The Kier molecular flexibility index (Phi) is 37.7. The highest BCUT2D eigenvalue weighted by Gasteiger charge is 2.40. The molecule has 0 spiro atoms. The predicted molar refractivity (Wildman–Crippen MR) is 213 cm³/mol. The molecule has 0 rings (SSSR count). The van der Waals surface area contributed by atoms with Gasteiger partial charge in [0.15, 0.2) is 36.6 Å².